The van der Waals surface area contributed by atoms with Crippen LogP contribution in [0.25, 0.3) is 83.8 Å². The summed E-state index contributed by atoms with van der Waals surface area (Å²) in [6, 6.07) is 55.2. The van der Waals surface area contributed by atoms with E-state index in [2.05, 4.69) is 157 Å². The van der Waals surface area contributed by atoms with E-state index in [-0.39, 0.29) is 0 Å². The Bertz CT molecular complexity index is 3070. The topological polar surface area (TPSA) is 16.4 Å². The van der Waals surface area contributed by atoms with Crippen molar-refractivity contribution in [1.82, 2.24) is 0 Å². The van der Waals surface area contributed by atoms with Gasteiger partial charge in [-0.05, 0) is 89.0 Å². The van der Waals surface area contributed by atoms with Gasteiger partial charge >= 0.3 is 0 Å². The molecule has 0 saturated carbocycles. The molecule has 0 fully saturated rings. The molecule has 0 unspecified atom stereocenters. The molecule has 0 aliphatic rings. The lowest BCUT2D eigenvalue weighted by molar-refractivity contribution is 0.673. The van der Waals surface area contributed by atoms with Crippen molar-refractivity contribution in [3.8, 4) is 0 Å². The van der Waals surface area contributed by atoms with Gasteiger partial charge in [-0.25, -0.2) is 0 Å². The number of para-hydroxylation sites is 1. The Morgan fingerprint density at radius 2 is 1.06 bits per heavy atom. The van der Waals surface area contributed by atoms with Crippen LogP contribution >= 0.6 is 22.7 Å². The Morgan fingerprint density at radius 1 is 0.375 bits per heavy atom. The summed E-state index contributed by atoms with van der Waals surface area (Å²) in [4.78, 5) is 2.39. The molecular formula is C44H25NOS2. The first-order valence-corrected chi connectivity index (χ1v) is 17.8. The Hall–Kier alpha value is -5.68. The predicted molar refractivity (Wildman–Crippen MR) is 209 cm³/mol. The van der Waals surface area contributed by atoms with Crippen molar-refractivity contribution in [2.75, 3.05) is 4.90 Å². The van der Waals surface area contributed by atoms with Crippen molar-refractivity contribution in [2.45, 2.75) is 0 Å². The standard InChI is InChI=1S/C44H25NOS2/c1-2-11-29(12-3-1)45(31-15-18-33-35-22-27-9-4-5-10-28(27)23-40(35)48-41(33)25-31)30-16-20-38-36(24-30)43-39(47-38)21-19-37-42(43)34-17-14-26-8-6-7-13-32(26)44(34)46-37/h1-25H. The summed E-state index contributed by atoms with van der Waals surface area (Å²) in [5.74, 6) is 0. The van der Waals surface area contributed by atoms with Crippen LogP contribution in [0.5, 0.6) is 0 Å². The Labute approximate surface area is 283 Å². The average molecular weight is 648 g/mol. The van der Waals surface area contributed by atoms with Gasteiger partial charge in [0.25, 0.3) is 0 Å². The number of benzene rings is 8. The normalized spacial score (nSPS) is 12.2. The monoisotopic (exact) mass is 647 g/mol. The van der Waals surface area contributed by atoms with Gasteiger partial charge in [-0.3, -0.25) is 0 Å². The van der Waals surface area contributed by atoms with Crippen LogP contribution in [0, 0.1) is 0 Å². The molecule has 0 aliphatic carbocycles. The van der Waals surface area contributed by atoms with E-state index < -0.39 is 0 Å². The van der Waals surface area contributed by atoms with Crippen LogP contribution in [-0.4, -0.2) is 0 Å². The molecule has 0 bridgehead atoms. The molecule has 2 nitrogen and oxygen atoms in total. The highest BCUT2D eigenvalue weighted by molar-refractivity contribution is 7.26. The molecule has 0 radical (unpaired) electrons. The molecule has 0 amide bonds. The first-order chi connectivity index (χ1) is 23.8. The fraction of sp³-hybridized carbons (Fsp3) is 0. The molecule has 11 rings (SSSR count). The van der Waals surface area contributed by atoms with Crippen LogP contribution in [0.3, 0.4) is 0 Å². The molecule has 224 valence electrons. The highest BCUT2D eigenvalue weighted by Gasteiger charge is 2.20. The van der Waals surface area contributed by atoms with Crippen LogP contribution < -0.4 is 4.90 Å². The molecule has 11 aromatic rings. The van der Waals surface area contributed by atoms with Crippen molar-refractivity contribution >= 4 is 124 Å². The SMILES string of the molecule is c1ccc(N(c2ccc3c(c2)sc2cc4ccccc4cc23)c2ccc3sc4ccc5oc6c7ccccc7ccc6c5c4c3c2)cc1. The summed E-state index contributed by atoms with van der Waals surface area (Å²) in [5, 5.41) is 12.4. The zero-order valence-corrected chi connectivity index (χ0v) is 27.2. The number of hydrogen-bond acceptors (Lipinski definition) is 4. The second-order valence-electron chi connectivity index (χ2n) is 12.5. The fourth-order valence-corrected chi connectivity index (χ4v) is 9.87. The number of thiophene rings is 2. The lowest BCUT2D eigenvalue weighted by atomic mass is 10.0. The third kappa shape index (κ3) is 3.79. The van der Waals surface area contributed by atoms with Gasteiger partial charge < -0.3 is 9.32 Å². The van der Waals surface area contributed by atoms with Crippen LogP contribution in [0.2, 0.25) is 0 Å². The second kappa shape index (κ2) is 9.91. The van der Waals surface area contributed by atoms with E-state index in [9.17, 15) is 0 Å². The van der Waals surface area contributed by atoms with E-state index in [0.29, 0.717) is 0 Å². The Balaban J connectivity index is 1.15. The summed E-state index contributed by atoms with van der Waals surface area (Å²) in [5.41, 5.74) is 5.31. The quantitative estimate of drug-likeness (QED) is 0.190. The summed E-state index contributed by atoms with van der Waals surface area (Å²) >= 11 is 3.72. The predicted octanol–water partition coefficient (Wildman–Crippen LogP) is 14.1. The van der Waals surface area contributed by atoms with E-state index in [1.807, 2.05) is 22.7 Å². The zero-order valence-electron chi connectivity index (χ0n) is 25.6. The van der Waals surface area contributed by atoms with Crippen molar-refractivity contribution in [3.05, 3.63) is 152 Å². The minimum atomic E-state index is 0.932. The lowest BCUT2D eigenvalue weighted by Crippen LogP contribution is -2.09. The molecule has 0 spiro atoms. The first kappa shape index (κ1) is 26.4. The molecule has 8 aromatic carbocycles. The van der Waals surface area contributed by atoms with Crippen LogP contribution in [-0.2, 0) is 0 Å². The van der Waals surface area contributed by atoms with Crippen molar-refractivity contribution < 1.29 is 4.42 Å². The van der Waals surface area contributed by atoms with E-state index in [4.69, 9.17) is 4.42 Å². The summed E-state index contributed by atoms with van der Waals surface area (Å²) in [7, 11) is 0. The summed E-state index contributed by atoms with van der Waals surface area (Å²) in [6.07, 6.45) is 0. The molecule has 0 N–H and O–H groups in total. The largest absolute Gasteiger partial charge is 0.455 e. The molecular weight excluding hydrogens is 623 g/mol. The van der Waals surface area contributed by atoms with Crippen LogP contribution in [0.1, 0.15) is 0 Å². The average Bonchev–Trinajstić information content (AvgIpc) is 3.81. The van der Waals surface area contributed by atoms with Gasteiger partial charge in [0, 0.05) is 73.6 Å². The highest BCUT2D eigenvalue weighted by Crippen LogP contribution is 2.47. The Morgan fingerprint density at radius 3 is 1.96 bits per heavy atom. The lowest BCUT2D eigenvalue weighted by Gasteiger charge is -2.25. The van der Waals surface area contributed by atoms with Gasteiger partial charge in [0.1, 0.15) is 11.2 Å². The van der Waals surface area contributed by atoms with E-state index >= 15 is 0 Å². The molecule has 48 heavy (non-hydrogen) atoms. The van der Waals surface area contributed by atoms with E-state index in [0.717, 1.165) is 33.6 Å². The number of rotatable bonds is 3. The number of furan rings is 1. The van der Waals surface area contributed by atoms with Crippen LogP contribution in [0.4, 0.5) is 17.1 Å². The maximum atomic E-state index is 6.59. The van der Waals surface area contributed by atoms with Crippen molar-refractivity contribution in [1.29, 1.82) is 0 Å². The molecule has 4 heteroatoms. The second-order valence-corrected chi connectivity index (χ2v) is 14.7. The zero-order chi connectivity index (χ0) is 31.3. The minimum absolute atomic E-state index is 0.932. The van der Waals surface area contributed by atoms with Gasteiger partial charge in [0.15, 0.2) is 0 Å². The fourth-order valence-electron chi connectivity index (χ4n) is 7.60. The van der Waals surface area contributed by atoms with E-state index in [1.165, 1.54) is 67.3 Å². The minimum Gasteiger partial charge on any atom is -0.455 e. The highest BCUT2D eigenvalue weighted by atomic mass is 32.1. The van der Waals surface area contributed by atoms with E-state index in [1.54, 1.807) is 0 Å². The molecule has 0 atom stereocenters. The summed E-state index contributed by atoms with van der Waals surface area (Å²) in [6.45, 7) is 0. The van der Waals surface area contributed by atoms with Gasteiger partial charge in [0.2, 0.25) is 0 Å². The molecule has 3 heterocycles. The first-order valence-electron chi connectivity index (χ1n) is 16.2. The third-order valence-electron chi connectivity index (χ3n) is 9.80. The maximum absolute atomic E-state index is 6.59. The molecule has 0 aliphatic heterocycles. The molecule has 3 aromatic heterocycles. The number of fused-ring (bicyclic) bond motifs is 13. The summed E-state index contributed by atoms with van der Waals surface area (Å²) < 4.78 is 11.8. The van der Waals surface area contributed by atoms with Crippen LogP contribution in [0.15, 0.2) is 156 Å². The number of hydrogen-bond donors (Lipinski definition) is 0. The third-order valence-corrected chi connectivity index (χ3v) is 12.0. The van der Waals surface area contributed by atoms with Gasteiger partial charge in [-0.15, -0.1) is 22.7 Å². The maximum Gasteiger partial charge on any atom is 0.143 e. The van der Waals surface area contributed by atoms with Gasteiger partial charge in [-0.1, -0.05) is 78.9 Å². The number of anilines is 3. The molecule has 0 saturated heterocycles. The van der Waals surface area contributed by atoms with Gasteiger partial charge in [0.05, 0.1) is 0 Å². The van der Waals surface area contributed by atoms with Crippen molar-refractivity contribution in [3.63, 3.8) is 0 Å². The number of nitrogens with zero attached hydrogens (tertiary/aromatic N) is 1. The smallest absolute Gasteiger partial charge is 0.143 e. The van der Waals surface area contributed by atoms with Crippen molar-refractivity contribution in [2.24, 2.45) is 0 Å². The van der Waals surface area contributed by atoms with Gasteiger partial charge in [-0.2, -0.15) is 0 Å². The Kier molecular flexibility index (Phi) is 5.45.